The zero-order chi connectivity index (χ0) is 12.1. The SMILES string of the molecule is CCCN1CCC(C)N(C)C(CC(=O)O)C1. The Morgan fingerprint density at radius 2 is 2.19 bits per heavy atom. The van der Waals surface area contributed by atoms with Gasteiger partial charge in [0.1, 0.15) is 0 Å². The van der Waals surface area contributed by atoms with Gasteiger partial charge in [0.25, 0.3) is 0 Å². The van der Waals surface area contributed by atoms with Crippen LogP contribution >= 0.6 is 0 Å². The first-order valence-electron chi connectivity index (χ1n) is 6.20. The number of carboxylic acid groups (broad SMARTS) is 1. The highest BCUT2D eigenvalue weighted by Crippen LogP contribution is 2.16. The molecular formula is C12H24N2O2. The van der Waals surface area contributed by atoms with Gasteiger partial charge in [-0.1, -0.05) is 6.92 Å². The number of hydrogen-bond acceptors (Lipinski definition) is 3. The Morgan fingerprint density at radius 1 is 1.50 bits per heavy atom. The van der Waals surface area contributed by atoms with Crippen LogP contribution < -0.4 is 0 Å². The lowest BCUT2D eigenvalue weighted by Gasteiger charge is -2.30. The molecule has 1 saturated heterocycles. The minimum atomic E-state index is -0.692. The topological polar surface area (TPSA) is 43.8 Å². The van der Waals surface area contributed by atoms with Gasteiger partial charge in [-0.25, -0.2) is 0 Å². The average Bonchev–Trinajstić information content (AvgIpc) is 2.33. The number of aliphatic carboxylic acids is 1. The first-order chi connectivity index (χ1) is 7.54. The maximum Gasteiger partial charge on any atom is 0.304 e. The van der Waals surface area contributed by atoms with Crippen LogP contribution in [0.4, 0.5) is 0 Å². The van der Waals surface area contributed by atoms with Gasteiger partial charge >= 0.3 is 5.97 Å². The Hall–Kier alpha value is -0.610. The fourth-order valence-corrected chi connectivity index (χ4v) is 2.38. The number of rotatable bonds is 4. The summed E-state index contributed by atoms with van der Waals surface area (Å²) in [5, 5.41) is 8.93. The molecule has 1 rings (SSSR count). The van der Waals surface area contributed by atoms with Gasteiger partial charge in [-0.2, -0.15) is 0 Å². The second kappa shape index (κ2) is 6.21. The van der Waals surface area contributed by atoms with Gasteiger partial charge in [-0.3, -0.25) is 9.69 Å². The van der Waals surface area contributed by atoms with Crippen molar-refractivity contribution in [2.45, 2.75) is 45.2 Å². The molecule has 0 bridgehead atoms. The first kappa shape index (κ1) is 13.5. The van der Waals surface area contributed by atoms with Crippen LogP contribution in [0.3, 0.4) is 0 Å². The van der Waals surface area contributed by atoms with E-state index in [0.717, 1.165) is 32.5 Å². The molecule has 0 aromatic heterocycles. The number of hydrogen-bond donors (Lipinski definition) is 1. The van der Waals surface area contributed by atoms with Crippen LogP contribution in [0.2, 0.25) is 0 Å². The van der Waals surface area contributed by atoms with E-state index in [4.69, 9.17) is 5.11 Å². The number of carbonyl (C=O) groups is 1. The maximum absolute atomic E-state index is 10.9. The summed E-state index contributed by atoms with van der Waals surface area (Å²) in [5.41, 5.74) is 0. The van der Waals surface area contributed by atoms with Gasteiger partial charge < -0.3 is 10.0 Å². The van der Waals surface area contributed by atoms with Crippen LogP contribution in [0.15, 0.2) is 0 Å². The molecule has 2 atom stereocenters. The highest BCUT2D eigenvalue weighted by molar-refractivity contribution is 5.67. The molecule has 4 nitrogen and oxygen atoms in total. The van der Waals surface area contributed by atoms with Crippen LogP contribution in [-0.2, 0) is 4.79 Å². The molecule has 94 valence electrons. The smallest absolute Gasteiger partial charge is 0.304 e. The molecule has 2 unspecified atom stereocenters. The molecular weight excluding hydrogens is 204 g/mol. The quantitative estimate of drug-likeness (QED) is 0.787. The molecule has 16 heavy (non-hydrogen) atoms. The Labute approximate surface area is 98.2 Å². The van der Waals surface area contributed by atoms with Gasteiger partial charge in [0.15, 0.2) is 0 Å². The van der Waals surface area contributed by atoms with Crippen molar-refractivity contribution in [1.29, 1.82) is 0 Å². The standard InChI is InChI=1S/C12H24N2O2/c1-4-6-14-7-5-10(2)13(3)11(9-14)8-12(15)16/h10-11H,4-9H2,1-3H3,(H,15,16). The summed E-state index contributed by atoms with van der Waals surface area (Å²) in [4.78, 5) is 15.5. The van der Waals surface area contributed by atoms with E-state index in [0.29, 0.717) is 6.04 Å². The molecule has 4 heteroatoms. The molecule has 1 N–H and O–H groups in total. The van der Waals surface area contributed by atoms with Crippen molar-refractivity contribution >= 4 is 5.97 Å². The summed E-state index contributed by atoms with van der Waals surface area (Å²) in [6.07, 6.45) is 2.52. The van der Waals surface area contributed by atoms with E-state index < -0.39 is 5.97 Å². The van der Waals surface area contributed by atoms with Crippen molar-refractivity contribution < 1.29 is 9.90 Å². The molecule has 1 fully saturated rings. The number of nitrogens with zero attached hydrogens (tertiary/aromatic N) is 2. The third kappa shape index (κ3) is 3.76. The number of carboxylic acids is 1. The van der Waals surface area contributed by atoms with Crippen molar-refractivity contribution in [3.8, 4) is 0 Å². The Kier molecular flexibility index (Phi) is 5.22. The highest BCUT2D eigenvalue weighted by atomic mass is 16.4. The molecule has 0 amide bonds. The second-order valence-corrected chi connectivity index (χ2v) is 4.86. The van der Waals surface area contributed by atoms with E-state index in [1.54, 1.807) is 0 Å². The van der Waals surface area contributed by atoms with Crippen molar-refractivity contribution in [3.05, 3.63) is 0 Å². The minimum absolute atomic E-state index is 0.154. The predicted molar refractivity (Wildman–Crippen MR) is 64.6 cm³/mol. The normalized spacial score (nSPS) is 28.9. The third-order valence-electron chi connectivity index (χ3n) is 3.55. The van der Waals surface area contributed by atoms with Crippen LogP contribution in [0.25, 0.3) is 0 Å². The summed E-state index contributed by atoms with van der Waals surface area (Å²) < 4.78 is 0. The van der Waals surface area contributed by atoms with Gasteiger partial charge in [0, 0.05) is 18.6 Å². The van der Waals surface area contributed by atoms with E-state index >= 15 is 0 Å². The second-order valence-electron chi connectivity index (χ2n) is 4.86. The van der Waals surface area contributed by atoms with Gasteiger partial charge in [0.05, 0.1) is 6.42 Å². The first-order valence-corrected chi connectivity index (χ1v) is 6.20. The molecule has 0 radical (unpaired) electrons. The zero-order valence-corrected chi connectivity index (χ0v) is 10.6. The van der Waals surface area contributed by atoms with E-state index in [9.17, 15) is 4.79 Å². The fourth-order valence-electron chi connectivity index (χ4n) is 2.38. The predicted octanol–water partition coefficient (Wildman–Crippen LogP) is 1.27. The van der Waals surface area contributed by atoms with Crippen LogP contribution in [0.5, 0.6) is 0 Å². The average molecular weight is 228 g/mol. The third-order valence-corrected chi connectivity index (χ3v) is 3.55. The van der Waals surface area contributed by atoms with Crippen LogP contribution in [-0.4, -0.2) is 59.6 Å². The lowest BCUT2D eigenvalue weighted by Crippen LogP contribution is -2.43. The molecule has 0 aliphatic carbocycles. The molecule has 0 aromatic rings. The molecule has 1 aliphatic heterocycles. The van der Waals surface area contributed by atoms with Gasteiger partial charge in [0.2, 0.25) is 0 Å². The summed E-state index contributed by atoms with van der Waals surface area (Å²) in [6.45, 7) is 7.42. The molecule has 0 aromatic carbocycles. The summed E-state index contributed by atoms with van der Waals surface area (Å²) in [7, 11) is 2.05. The van der Waals surface area contributed by atoms with Crippen LogP contribution in [0, 0.1) is 0 Å². The van der Waals surface area contributed by atoms with Crippen molar-refractivity contribution in [2.75, 3.05) is 26.7 Å². The summed E-state index contributed by atoms with van der Waals surface area (Å²) in [5.74, 6) is -0.692. The highest BCUT2D eigenvalue weighted by Gasteiger charge is 2.27. The fraction of sp³-hybridized carbons (Fsp3) is 0.917. The van der Waals surface area contributed by atoms with Crippen molar-refractivity contribution in [1.82, 2.24) is 9.80 Å². The zero-order valence-electron chi connectivity index (χ0n) is 10.6. The largest absolute Gasteiger partial charge is 0.481 e. The Bertz CT molecular complexity index is 233. The molecule has 0 saturated carbocycles. The number of likely N-dealkylation sites (N-methyl/N-ethyl adjacent to an activating group) is 1. The van der Waals surface area contributed by atoms with Crippen molar-refractivity contribution in [3.63, 3.8) is 0 Å². The summed E-state index contributed by atoms with van der Waals surface area (Å²) >= 11 is 0. The van der Waals surface area contributed by atoms with E-state index in [1.165, 1.54) is 0 Å². The molecule has 1 aliphatic rings. The molecule has 1 heterocycles. The van der Waals surface area contributed by atoms with Crippen molar-refractivity contribution in [2.24, 2.45) is 0 Å². The van der Waals surface area contributed by atoms with Gasteiger partial charge in [-0.15, -0.1) is 0 Å². The summed E-state index contributed by atoms with van der Waals surface area (Å²) in [6, 6.07) is 0.632. The van der Waals surface area contributed by atoms with E-state index in [1.807, 2.05) is 7.05 Å². The monoisotopic (exact) mass is 228 g/mol. The minimum Gasteiger partial charge on any atom is -0.481 e. The van der Waals surface area contributed by atoms with Gasteiger partial charge in [-0.05, 0) is 39.9 Å². The van der Waals surface area contributed by atoms with E-state index in [2.05, 4.69) is 23.6 Å². The van der Waals surface area contributed by atoms with E-state index in [-0.39, 0.29) is 12.5 Å². The van der Waals surface area contributed by atoms with Crippen LogP contribution in [0.1, 0.15) is 33.1 Å². The maximum atomic E-state index is 10.9. The Morgan fingerprint density at radius 3 is 2.75 bits per heavy atom. The molecule has 0 spiro atoms. The lowest BCUT2D eigenvalue weighted by molar-refractivity contribution is -0.138. The lowest BCUT2D eigenvalue weighted by atomic mass is 10.1. The Balaban J connectivity index is 2.64.